The summed E-state index contributed by atoms with van der Waals surface area (Å²) in [4.78, 5) is 0. The highest BCUT2D eigenvalue weighted by atomic mass is 15.2. The fourth-order valence-corrected chi connectivity index (χ4v) is 13.2. The van der Waals surface area contributed by atoms with Gasteiger partial charge in [-0.05, 0) is 147 Å². The first-order valence-electron chi connectivity index (χ1n) is 35.8. The molecule has 84 heavy (non-hydrogen) atoms. The number of unbranched alkanes of at least 4 members (excludes halogenated alkanes) is 30. The third-order valence-electron chi connectivity index (χ3n) is 18.3. The van der Waals surface area contributed by atoms with Crippen molar-refractivity contribution in [2.45, 2.75) is 311 Å². The third kappa shape index (κ3) is 21.1. The van der Waals surface area contributed by atoms with Crippen LogP contribution in [0.1, 0.15) is 306 Å². The van der Waals surface area contributed by atoms with E-state index < -0.39 is 0 Å². The molecule has 0 aliphatic carbocycles. The number of benzene rings is 1. The molecule has 0 bridgehead atoms. The summed E-state index contributed by atoms with van der Waals surface area (Å²) in [5.41, 5.74) is 16.0. The molecule has 6 aromatic heterocycles. The Kier molecular flexibility index (Phi) is 30.7. The standard InChI is InChI=1S/C78H120N6/c1-7-13-19-25-31-37-43-67-49-55-79(61-67)73-74(80-56-50-68(62-80)44-38-32-26-20-14-8-2)76(82-58-52-70(64-82)46-40-34-28-22-16-10-4)78(84-60-54-72(66-84)48-42-36-30-24-18-12-6)77(83-59-53-71(65-83)47-41-35-29-23-17-11-5)75(73)81-57-51-69(63-81)45-39-33-27-21-15-9-3/h49-66H,7-48H2,1-6H3. The maximum absolute atomic E-state index is 2.55. The Morgan fingerprint density at radius 3 is 0.452 bits per heavy atom. The van der Waals surface area contributed by atoms with Gasteiger partial charge in [0, 0.05) is 74.4 Å². The molecule has 0 unspecified atom stereocenters. The molecule has 462 valence electrons. The fourth-order valence-electron chi connectivity index (χ4n) is 13.2. The van der Waals surface area contributed by atoms with Crippen LogP contribution in [0.3, 0.4) is 0 Å². The lowest BCUT2D eigenvalue weighted by Crippen LogP contribution is -2.18. The minimum Gasteiger partial charge on any atom is -0.320 e. The number of hydrogen-bond acceptors (Lipinski definition) is 0. The van der Waals surface area contributed by atoms with Gasteiger partial charge in [-0.2, -0.15) is 0 Å². The van der Waals surface area contributed by atoms with Crippen molar-refractivity contribution in [1.82, 2.24) is 27.4 Å². The molecule has 6 heterocycles. The Labute approximate surface area is 514 Å². The molecule has 0 amide bonds. The van der Waals surface area contributed by atoms with Gasteiger partial charge < -0.3 is 27.4 Å². The highest BCUT2D eigenvalue weighted by Crippen LogP contribution is 2.45. The predicted molar refractivity (Wildman–Crippen MR) is 365 cm³/mol. The van der Waals surface area contributed by atoms with Crippen LogP contribution in [-0.2, 0) is 38.5 Å². The van der Waals surface area contributed by atoms with Gasteiger partial charge in [-0.1, -0.05) is 234 Å². The molecular formula is C78H120N6. The zero-order valence-electron chi connectivity index (χ0n) is 54.8. The van der Waals surface area contributed by atoms with Crippen molar-refractivity contribution in [2.24, 2.45) is 0 Å². The van der Waals surface area contributed by atoms with Crippen molar-refractivity contribution in [3.05, 3.63) is 144 Å². The average molecular weight is 1140 g/mol. The Morgan fingerprint density at radius 2 is 0.310 bits per heavy atom. The van der Waals surface area contributed by atoms with Crippen LogP contribution in [0.25, 0.3) is 34.1 Å². The van der Waals surface area contributed by atoms with Crippen LogP contribution in [0.4, 0.5) is 0 Å². The molecule has 6 nitrogen and oxygen atoms in total. The molecule has 0 saturated heterocycles. The number of rotatable bonds is 48. The molecule has 0 aliphatic heterocycles. The van der Waals surface area contributed by atoms with E-state index in [1.54, 1.807) is 0 Å². The zero-order chi connectivity index (χ0) is 58.8. The molecule has 7 aromatic rings. The van der Waals surface area contributed by atoms with E-state index in [0.29, 0.717) is 0 Å². The zero-order valence-corrected chi connectivity index (χ0v) is 54.8. The molecule has 0 radical (unpaired) electrons. The Balaban J connectivity index is 1.49. The first-order valence-corrected chi connectivity index (χ1v) is 35.8. The molecule has 0 fully saturated rings. The summed E-state index contributed by atoms with van der Waals surface area (Å²) in [7, 11) is 0. The molecule has 0 spiro atoms. The minimum absolute atomic E-state index is 1.10. The monoisotopic (exact) mass is 1140 g/mol. The number of aromatic nitrogens is 6. The third-order valence-corrected chi connectivity index (χ3v) is 18.3. The average Bonchev–Trinajstić information content (AvgIpc) is 3.17. The van der Waals surface area contributed by atoms with Gasteiger partial charge in [0.25, 0.3) is 0 Å². The van der Waals surface area contributed by atoms with Gasteiger partial charge in [0.15, 0.2) is 0 Å². The van der Waals surface area contributed by atoms with Crippen molar-refractivity contribution < 1.29 is 0 Å². The molecule has 0 aliphatic rings. The Morgan fingerprint density at radius 1 is 0.179 bits per heavy atom. The van der Waals surface area contributed by atoms with Crippen molar-refractivity contribution in [1.29, 1.82) is 0 Å². The lowest BCUT2D eigenvalue weighted by Gasteiger charge is -2.29. The smallest absolute Gasteiger partial charge is 0.0981 e. The van der Waals surface area contributed by atoms with Gasteiger partial charge in [0.1, 0.15) is 0 Å². The van der Waals surface area contributed by atoms with E-state index in [4.69, 9.17) is 0 Å². The molecule has 6 heteroatoms. The number of aryl methyl sites for hydroxylation is 6. The van der Waals surface area contributed by atoms with Gasteiger partial charge in [0.2, 0.25) is 0 Å². The van der Waals surface area contributed by atoms with Crippen LogP contribution in [0, 0.1) is 0 Å². The van der Waals surface area contributed by atoms with Gasteiger partial charge in [0.05, 0.1) is 34.1 Å². The summed E-state index contributed by atoms with van der Waals surface area (Å²) < 4.78 is 15.3. The van der Waals surface area contributed by atoms with Gasteiger partial charge >= 0.3 is 0 Å². The first kappa shape index (κ1) is 66.4. The fraction of sp³-hybridized carbons (Fsp3) is 0.615. The predicted octanol–water partition coefficient (Wildman–Crippen LogP) is 23.8. The second kappa shape index (κ2) is 38.8. The van der Waals surface area contributed by atoms with E-state index in [0.717, 1.165) is 38.5 Å². The van der Waals surface area contributed by atoms with E-state index in [-0.39, 0.29) is 0 Å². The summed E-state index contributed by atoms with van der Waals surface area (Å²) in [5, 5.41) is 0. The second-order valence-corrected chi connectivity index (χ2v) is 25.8. The molecule has 7 rings (SSSR count). The van der Waals surface area contributed by atoms with E-state index in [1.165, 1.54) is 299 Å². The molecular weight excluding hydrogens is 1020 g/mol. The topological polar surface area (TPSA) is 29.6 Å². The Bertz CT molecular complexity index is 2300. The van der Waals surface area contributed by atoms with Crippen LogP contribution in [0.2, 0.25) is 0 Å². The van der Waals surface area contributed by atoms with Crippen LogP contribution in [0.5, 0.6) is 0 Å². The summed E-state index contributed by atoms with van der Waals surface area (Å²) >= 11 is 0. The van der Waals surface area contributed by atoms with E-state index in [2.05, 4.69) is 180 Å². The second-order valence-electron chi connectivity index (χ2n) is 25.8. The van der Waals surface area contributed by atoms with Crippen LogP contribution < -0.4 is 0 Å². The quantitative estimate of drug-likeness (QED) is 0.0340. The van der Waals surface area contributed by atoms with Crippen molar-refractivity contribution in [3.63, 3.8) is 0 Å². The summed E-state index contributed by atoms with van der Waals surface area (Å²) in [6.07, 6.45) is 83.1. The van der Waals surface area contributed by atoms with E-state index >= 15 is 0 Å². The number of hydrogen-bond donors (Lipinski definition) is 0. The maximum atomic E-state index is 2.55. The maximum Gasteiger partial charge on any atom is 0.0981 e. The first-order chi connectivity index (χ1) is 41.5. The molecule has 1 aromatic carbocycles. The van der Waals surface area contributed by atoms with Crippen molar-refractivity contribution in [3.8, 4) is 34.1 Å². The lowest BCUT2D eigenvalue weighted by atomic mass is 10.1. The largest absolute Gasteiger partial charge is 0.320 e. The molecule has 0 N–H and O–H groups in total. The Hall–Kier alpha value is -5.10. The molecule has 0 saturated carbocycles. The highest BCUT2D eigenvalue weighted by molar-refractivity contribution is 5.88. The SMILES string of the molecule is CCCCCCCCc1ccn(-c2c(-n3ccc(CCCCCCCC)c3)c(-n3ccc(CCCCCCCC)c3)c(-n3ccc(CCCCCCCC)c3)c(-n3ccc(CCCCCCCC)c3)c2-n2ccc(CCCCCCCC)c2)c1. The normalized spacial score (nSPS) is 11.8. The van der Waals surface area contributed by atoms with E-state index in [1.807, 2.05) is 0 Å². The highest BCUT2D eigenvalue weighted by Gasteiger charge is 2.31. The lowest BCUT2D eigenvalue weighted by molar-refractivity contribution is 0.607. The van der Waals surface area contributed by atoms with Gasteiger partial charge in [-0.25, -0.2) is 0 Å². The van der Waals surface area contributed by atoms with Gasteiger partial charge in [-0.3, -0.25) is 0 Å². The van der Waals surface area contributed by atoms with Crippen molar-refractivity contribution in [2.75, 3.05) is 0 Å². The minimum atomic E-state index is 1.10. The summed E-state index contributed by atoms with van der Waals surface area (Å²) in [6, 6.07) is 14.6. The number of nitrogens with zero attached hydrogens (tertiary/aromatic N) is 6. The van der Waals surface area contributed by atoms with Crippen LogP contribution in [0.15, 0.2) is 111 Å². The summed E-state index contributed by atoms with van der Waals surface area (Å²) in [6.45, 7) is 14.0. The van der Waals surface area contributed by atoms with Crippen LogP contribution >= 0.6 is 0 Å². The van der Waals surface area contributed by atoms with Crippen molar-refractivity contribution >= 4 is 0 Å². The molecule has 0 atom stereocenters. The van der Waals surface area contributed by atoms with E-state index in [9.17, 15) is 0 Å². The summed E-state index contributed by atoms with van der Waals surface area (Å²) in [5.74, 6) is 0. The van der Waals surface area contributed by atoms with Crippen LogP contribution in [-0.4, -0.2) is 27.4 Å². The van der Waals surface area contributed by atoms with Gasteiger partial charge in [-0.15, -0.1) is 0 Å².